The van der Waals surface area contributed by atoms with E-state index in [1.807, 2.05) is 13.8 Å². The van der Waals surface area contributed by atoms with E-state index in [0.29, 0.717) is 6.04 Å². The normalized spacial score (nSPS) is 17.9. The van der Waals surface area contributed by atoms with E-state index in [9.17, 15) is 4.79 Å². The Balaban J connectivity index is 2.45. The Morgan fingerprint density at radius 2 is 2.00 bits per heavy atom. The van der Waals surface area contributed by atoms with Crippen LogP contribution in [-0.4, -0.2) is 41.3 Å². The number of nitrogens with one attached hydrogen (secondary N) is 1. The number of amides is 2. The molecule has 0 aromatic carbocycles. The topological polar surface area (TPSA) is 52.6 Å². The summed E-state index contributed by atoms with van der Waals surface area (Å²) in [4.78, 5) is 13.4. The van der Waals surface area contributed by atoms with Gasteiger partial charge in [-0.25, -0.2) is 4.79 Å². The number of hydrogen-bond donors (Lipinski definition) is 2. The summed E-state index contributed by atoms with van der Waals surface area (Å²) in [7, 11) is 1.72. The van der Waals surface area contributed by atoms with Gasteiger partial charge in [0.05, 0.1) is 12.1 Å². The molecule has 0 aromatic rings. The largest absolute Gasteiger partial charge is 0.394 e. The van der Waals surface area contributed by atoms with Gasteiger partial charge in [0.1, 0.15) is 0 Å². The highest BCUT2D eigenvalue weighted by Crippen LogP contribution is 2.19. The molecular formula is C11H22N2O2. The van der Waals surface area contributed by atoms with Crippen molar-refractivity contribution < 1.29 is 9.90 Å². The minimum Gasteiger partial charge on any atom is -0.394 e. The second-order valence-corrected chi connectivity index (χ2v) is 4.96. The second kappa shape index (κ2) is 4.84. The highest BCUT2D eigenvalue weighted by molar-refractivity contribution is 5.75. The Bertz CT molecular complexity index is 223. The Morgan fingerprint density at radius 3 is 2.47 bits per heavy atom. The quantitative estimate of drug-likeness (QED) is 0.745. The molecule has 1 fully saturated rings. The van der Waals surface area contributed by atoms with Crippen molar-refractivity contribution in [2.24, 2.45) is 0 Å². The Labute approximate surface area is 91.6 Å². The number of carbonyl (C=O) groups is 1. The number of nitrogens with zero attached hydrogens (tertiary/aromatic N) is 1. The van der Waals surface area contributed by atoms with Gasteiger partial charge in [-0.15, -0.1) is 0 Å². The van der Waals surface area contributed by atoms with Crippen LogP contribution in [0.5, 0.6) is 0 Å². The zero-order valence-corrected chi connectivity index (χ0v) is 9.92. The Kier molecular flexibility index (Phi) is 3.97. The third-order valence-electron chi connectivity index (χ3n) is 3.28. The lowest BCUT2D eigenvalue weighted by Crippen LogP contribution is -2.53. The van der Waals surface area contributed by atoms with Gasteiger partial charge in [0.2, 0.25) is 0 Å². The van der Waals surface area contributed by atoms with Crippen LogP contribution in [0.1, 0.15) is 39.5 Å². The maximum Gasteiger partial charge on any atom is 0.317 e. The molecule has 1 rings (SSSR count). The van der Waals surface area contributed by atoms with Crippen molar-refractivity contribution in [2.75, 3.05) is 13.7 Å². The predicted molar refractivity (Wildman–Crippen MR) is 59.7 cm³/mol. The first kappa shape index (κ1) is 12.3. The lowest BCUT2D eigenvalue weighted by Gasteiger charge is -2.34. The number of likely N-dealkylation sites (N-methyl/N-ethyl adjacent to an activating group) is 1. The monoisotopic (exact) mass is 214 g/mol. The molecule has 0 bridgehead atoms. The molecule has 1 saturated carbocycles. The van der Waals surface area contributed by atoms with Crippen molar-refractivity contribution in [3.63, 3.8) is 0 Å². The molecule has 15 heavy (non-hydrogen) atoms. The van der Waals surface area contributed by atoms with Gasteiger partial charge in [-0.1, -0.05) is 12.8 Å². The average molecular weight is 214 g/mol. The molecule has 0 radical (unpaired) electrons. The van der Waals surface area contributed by atoms with Gasteiger partial charge >= 0.3 is 6.03 Å². The van der Waals surface area contributed by atoms with E-state index in [1.54, 1.807) is 11.9 Å². The number of aliphatic hydroxyl groups excluding tert-OH is 1. The maximum absolute atomic E-state index is 11.8. The van der Waals surface area contributed by atoms with Crippen molar-refractivity contribution in [3.05, 3.63) is 0 Å². The summed E-state index contributed by atoms with van der Waals surface area (Å²) >= 11 is 0. The molecule has 0 atom stereocenters. The summed E-state index contributed by atoms with van der Waals surface area (Å²) < 4.78 is 0. The lowest BCUT2D eigenvalue weighted by molar-refractivity contribution is 0.0961. The zero-order chi connectivity index (χ0) is 11.5. The number of rotatable bonds is 3. The van der Waals surface area contributed by atoms with E-state index in [-0.39, 0.29) is 12.6 Å². The van der Waals surface area contributed by atoms with E-state index in [0.717, 1.165) is 12.8 Å². The minimum atomic E-state index is -0.497. The van der Waals surface area contributed by atoms with Gasteiger partial charge < -0.3 is 15.3 Å². The summed E-state index contributed by atoms with van der Waals surface area (Å²) in [6.45, 7) is 3.67. The smallest absolute Gasteiger partial charge is 0.317 e. The third kappa shape index (κ3) is 3.09. The van der Waals surface area contributed by atoms with Crippen LogP contribution in [0, 0.1) is 0 Å². The first-order valence-electron chi connectivity index (χ1n) is 5.62. The van der Waals surface area contributed by atoms with E-state index >= 15 is 0 Å². The van der Waals surface area contributed by atoms with E-state index in [2.05, 4.69) is 5.32 Å². The number of hydrogen-bond acceptors (Lipinski definition) is 2. The summed E-state index contributed by atoms with van der Waals surface area (Å²) in [6, 6.07) is 0.246. The van der Waals surface area contributed by atoms with Crippen LogP contribution < -0.4 is 5.32 Å². The molecule has 0 heterocycles. The van der Waals surface area contributed by atoms with Gasteiger partial charge in [-0.2, -0.15) is 0 Å². The molecule has 0 spiro atoms. The fraction of sp³-hybridized carbons (Fsp3) is 0.909. The highest BCUT2D eigenvalue weighted by Gasteiger charge is 2.28. The standard InChI is InChI=1S/C11H22N2O2/c1-11(2,8-14)13(3)10(15)12-9-6-4-5-7-9/h9,14H,4-8H2,1-3H3,(H,12,15). The fourth-order valence-corrected chi connectivity index (χ4v) is 1.72. The molecule has 4 heteroatoms. The molecule has 1 aliphatic rings. The van der Waals surface area contributed by atoms with Crippen molar-refractivity contribution in [2.45, 2.75) is 51.1 Å². The lowest BCUT2D eigenvalue weighted by atomic mass is 10.1. The van der Waals surface area contributed by atoms with Crippen LogP contribution in [0.15, 0.2) is 0 Å². The van der Waals surface area contributed by atoms with Crippen molar-refractivity contribution >= 4 is 6.03 Å². The summed E-state index contributed by atoms with van der Waals surface area (Å²) in [5.74, 6) is 0. The molecule has 0 aliphatic heterocycles. The molecule has 2 amide bonds. The zero-order valence-electron chi connectivity index (χ0n) is 9.92. The van der Waals surface area contributed by atoms with Crippen LogP contribution in [-0.2, 0) is 0 Å². The van der Waals surface area contributed by atoms with Crippen molar-refractivity contribution in [1.29, 1.82) is 0 Å². The first-order valence-corrected chi connectivity index (χ1v) is 5.62. The molecule has 2 N–H and O–H groups in total. The predicted octanol–water partition coefficient (Wildman–Crippen LogP) is 1.34. The molecule has 1 aliphatic carbocycles. The second-order valence-electron chi connectivity index (χ2n) is 4.96. The molecule has 0 saturated heterocycles. The molecule has 88 valence electrons. The summed E-state index contributed by atoms with van der Waals surface area (Å²) in [6.07, 6.45) is 4.58. The van der Waals surface area contributed by atoms with Crippen LogP contribution in [0.2, 0.25) is 0 Å². The van der Waals surface area contributed by atoms with Crippen LogP contribution in [0.4, 0.5) is 4.79 Å². The Morgan fingerprint density at radius 1 is 1.47 bits per heavy atom. The number of carbonyl (C=O) groups excluding carboxylic acids is 1. The highest BCUT2D eigenvalue weighted by atomic mass is 16.3. The first-order chi connectivity index (χ1) is 6.97. The van der Waals surface area contributed by atoms with Crippen LogP contribution in [0.25, 0.3) is 0 Å². The minimum absolute atomic E-state index is 0.0262. The third-order valence-corrected chi connectivity index (χ3v) is 3.28. The van der Waals surface area contributed by atoms with E-state index in [1.165, 1.54) is 12.8 Å². The number of aliphatic hydroxyl groups is 1. The van der Waals surface area contributed by atoms with E-state index in [4.69, 9.17) is 5.11 Å². The summed E-state index contributed by atoms with van der Waals surface area (Å²) in [5.41, 5.74) is -0.497. The molecule has 4 nitrogen and oxygen atoms in total. The number of urea groups is 1. The van der Waals surface area contributed by atoms with Gasteiger partial charge in [0.25, 0.3) is 0 Å². The van der Waals surface area contributed by atoms with Crippen LogP contribution in [0.3, 0.4) is 0 Å². The van der Waals surface area contributed by atoms with Crippen LogP contribution >= 0.6 is 0 Å². The van der Waals surface area contributed by atoms with E-state index < -0.39 is 5.54 Å². The van der Waals surface area contributed by atoms with Crippen molar-refractivity contribution in [1.82, 2.24) is 10.2 Å². The molecular weight excluding hydrogens is 192 g/mol. The maximum atomic E-state index is 11.8. The fourth-order valence-electron chi connectivity index (χ4n) is 1.72. The molecule has 0 aromatic heterocycles. The van der Waals surface area contributed by atoms with Gasteiger partial charge in [0, 0.05) is 13.1 Å². The molecule has 0 unspecified atom stereocenters. The SMILES string of the molecule is CN(C(=O)NC1CCCC1)C(C)(C)CO. The average Bonchev–Trinajstić information content (AvgIpc) is 2.69. The van der Waals surface area contributed by atoms with Gasteiger partial charge in [0.15, 0.2) is 0 Å². The van der Waals surface area contributed by atoms with Gasteiger partial charge in [-0.05, 0) is 26.7 Å². The Hall–Kier alpha value is -0.770. The summed E-state index contributed by atoms with van der Waals surface area (Å²) in [5, 5.41) is 12.1. The van der Waals surface area contributed by atoms with Crippen molar-refractivity contribution in [3.8, 4) is 0 Å². The van der Waals surface area contributed by atoms with Gasteiger partial charge in [-0.3, -0.25) is 0 Å².